The topological polar surface area (TPSA) is 208 Å². The molecule has 15 heteroatoms. The molecule has 0 atom stereocenters. The fourth-order valence-electron chi connectivity index (χ4n) is 0.130. The first kappa shape index (κ1) is 21.2. The van der Waals surface area contributed by atoms with E-state index in [1.165, 1.54) is 0 Å². The molecule has 0 amide bonds. The number of phosphoric acid groups is 3. The molecule has 0 saturated carbocycles. The van der Waals surface area contributed by atoms with E-state index in [9.17, 15) is 18.9 Å². The first-order chi connectivity index (χ1) is 5.71. The Morgan fingerprint density at radius 3 is 1.07 bits per heavy atom. The molecule has 0 radical (unpaired) electrons. The van der Waals surface area contributed by atoms with Crippen LogP contribution in [0.2, 0.25) is 0 Å². The molecule has 0 spiro atoms. The van der Waals surface area contributed by atoms with Crippen molar-refractivity contribution in [3.63, 3.8) is 0 Å². The van der Waals surface area contributed by atoms with Crippen LogP contribution in [0.5, 0.6) is 0 Å². The van der Waals surface area contributed by atoms with Crippen molar-refractivity contribution >= 4 is 23.5 Å². The van der Waals surface area contributed by atoms with Crippen molar-refractivity contribution in [1.29, 1.82) is 0 Å². The van der Waals surface area contributed by atoms with Crippen LogP contribution in [-0.4, -0.2) is 24.5 Å². The Labute approximate surface area is 93.3 Å². The molecule has 0 unspecified atom stereocenters. The van der Waals surface area contributed by atoms with E-state index in [1.807, 2.05) is 0 Å². The molecule has 94 valence electrons. The average molecular weight is 330 g/mol. The molecular formula is H5FeO11P3. The maximum Gasteiger partial charge on any atom is 2.00 e. The predicted octanol–water partition coefficient (Wildman–Crippen LogP) is -3.01. The fourth-order valence-corrected chi connectivity index (χ4v) is 1.17. The molecule has 11 nitrogen and oxygen atoms in total. The number of hydrogen-bond donors (Lipinski definition) is 5. The molecule has 0 aromatic rings. The van der Waals surface area contributed by atoms with Gasteiger partial charge in [0.2, 0.25) is 0 Å². The Balaban J connectivity index is -0.000000208. The summed E-state index contributed by atoms with van der Waals surface area (Å²) in [4.78, 5) is 55.7. The summed E-state index contributed by atoms with van der Waals surface area (Å²) in [5, 5.41) is 0. The zero-order chi connectivity index (χ0) is 12.2. The van der Waals surface area contributed by atoms with Crippen LogP contribution in [0, 0.1) is 0 Å². The maximum absolute atomic E-state index is 9.55. The van der Waals surface area contributed by atoms with E-state index < -0.39 is 23.5 Å². The minimum atomic E-state index is -5.55. The normalized spacial score (nSPS) is 12.2. The zero-order valence-corrected chi connectivity index (χ0v) is 10.2. The van der Waals surface area contributed by atoms with Gasteiger partial charge >= 0.3 is 32.7 Å². The van der Waals surface area contributed by atoms with Crippen LogP contribution in [0.25, 0.3) is 0 Å². The third-order valence-corrected chi connectivity index (χ3v) is 1.86. The summed E-state index contributed by atoms with van der Waals surface area (Å²) in [6, 6.07) is 0. The molecular weight excluding hydrogens is 325 g/mol. The Bertz CT molecular complexity index is 259. The van der Waals surface area contributed by atoms with Gasteiger partial charge in [-0.25, -0.2) is 9.13 Å². The van der Waals surface area contributed by atoms with Gasteiger partial charge in [0.1, 0.15) is 0 Å². The fraction of sp³-hybridized carbons (Fsp3) is 0. The second-order valence-electron chi connectivity index (χ2n) is 1.53. The van der Waals surface area contributed by atoms with Crippen LogP contribution in [0.15, 0.2) is 0 Å². The van der Waals surface area contributed by atoms with Gasteiger partial charge in [-0.05, 0) is 0 Å². The molecule has 0 bridgehead atoms. The first-order valence-electron chi connectivity index (χ1n) is 2.28. The summed E-state index contributed by atoms with van der Waals surface area (Å²) in [5.74, 6) is 0. The van der Waals surface area contributed by atoms with Gasteiger partial charge in [0.15, 0.2) is 0 Å². The second-order valence-corrected chi connectivity index (χ2v) is 5.09. The predicted molar refractivity (Wildman–Crippen MR) is 35.0 cm³/mol. The first-order valence-corrected chi connectivity index (χ1v) is 6.83. The minimum absolute atomic E-state index is 0. The molecule has 0 fully saturated rings. The molecule has 0 heterocycles. The molecule has 0 aliphatic carbocycles. The van der Waals surface area contributed by atoms with Crippen molar-refractivity contribution in [1.82, 2.24) is 0 Å². The molecule has 5 N–H and O–H groups in total. The monoisotopic (exact) mass is 330 g/mol. The second kappa shape index (κ2) is 7.26. The van der Waals surface area contributed by atoms with E-state index in [0.29, 0.717) is 0 Å². The van der Waals surface area contributed by atoms with E-state index in [1.54, 1.807) is 0 Å². The molecule has 0 aliphatic heterocycles. The van der Waals surface area contributed by atoms with Gasteiger partial charge in [-0.3, -0.25) is 4.31 Å². The third kappa shape index (κ3) is 52.1. The van der Waals surface area contributed by atoms with E-state index in [0.717, 1.165) is 0 Å². The third-order valence-electron chi connectivity index (χ3n) is 0.206. The smallest absolute Gasteiger partial charge is 0.789 e. The van der Waals surface area contributed by atoms with Crippen LogP contribution in [0.1, 0.15) is 0 Å². The van der Waals surface area contributed by atoms with Gasteiger partial charge in [0.05, 0.1) is 7.82 Å². The number of rotatable bonds is 2. The van der Waals surface area contributed by atoms with Gasteiger partial charge in [-0.2, -0.15) is 0 Å². The summed E-state index contributed by atoms with van der Waals surface area (Å²) < 4.78 is 30.6. The Kier molecular flexibility index (Phi) is 10.3. The molecule has 15 heavy (non-hydrogen) atoms. The van der Waals surface area contributed by atoms with Crippen molar-refractivity contribution in [3.8, 4) is 0 Å². The standard InChI is InChI=1S/Fe.H4O7P2.H3O4P/c;1-8(2,3)7-9(4,5)6;1-5(2,3)4/h;(H2,1,2,3)(H2,4,5,6);(H3,1,2,3,4)/q+2;;/p-2. The van der Waals surface area contributed by atoms with Gasteiger partial charge in [0.25, 0.3) is 0 Å². The molecule has 0 rings (SSSR count). The van der Waals surface area contributed by atoms with Crippen molar-refractivity contribution in [2.24, 2.45) is 0 Å². The van der Waals surface area contributed by atoms with Crippen LogP contribution >= 0.6 is 23.5 Å². The molecule has 0 saturated heterocycles. The largest absolute Gasteiger partial charge is 2.00 e. The maximum atomic E-state index is 9.55. The Morgan fingerprint density at radius 2 is 1.07 bits per heavy atom. The summed E-state index contributed by atoms with van der Waals surface area (Å²) in [5.41, 5.74) is 0. The van der Waals surface area contributed by atoms with Crippen LogP contribution in [0.4, 0.5) is 0 Å². The van der Waals surface area contributed by atoms with Crippen molar-refractivity contribution in [3.05, 3.63) is 0 Å². The average Bonchev–Trinajstić information content (AvgIpc) is 1.42. The van der Waals surface area contributed by atoms with E-state index >= 15 is 0 Å². The van der Waals surface area contributed by atoms with E-state index in [4.69, 9.17) is 29.0 Å². The molecule has 0 aromatic heterocycles. The summed E-state index contributed by atoms with van der Waals surface area (Å²) in [6.45, 7) is 0. The summed E-state index contributed by atoms with van der Waals surface area (Å²) >= 11 is 0. The van der Waals surface area contributed by atoms with Gasteiger partial charge < -0.3 is 38.8 Å². The van der Waals surface area contributed by atoms with Crippen LogP contribution in [-0.2, 0) is 35.1 Å². The van der Waals surface area contributed by atoms with Crippen molar-refractivity contribution in [2.75, 3.05) is 0 Å². The van der Waals surface area contributed by atoms with Gasteiger partial charge in [-0.15, -0.1) is 0 Å². The Morgan fingerprint density at radius 1 is 0.867 bits per heavy atom. The quantitative estimate of drug-likeness (QED) is 0.254. The summed E-state index contributed by atoms with van der Waals surface area (Å²) in [6.07, 6.45) is 0. The van der Waals surface area contributed by atoms with Gasteiger partial charge in [-0.1, -0.05) is 0 Å². The SMILES string of the molecule is O=P(O)(O)O.O=P([O-])([O-])OP(=O)(O)O.[Fe+2]. The van der Waals surface area contributed by atoms with E-state index in [2.05, 4.69) is 4.31 Å². The summed E-state index contributed by atoms with van der Waals surface area (Å²) in [7, 11) is -15.4. The molecule has 0 aliphatic rings. The minimum Gasteiger partial charge on any atom is -0.789 e. The van der Waals surface area contributed by atoms with E-state index in [-0.39, 0.29) is 17.1 Å². The van der Waals surface area contributed by atoms with Crippen molar-refractivity contribution < 1.29 is 69.3 Å². The molecule has 0 aromatic carbocycles. The Hall–Kier alpha value is 0.889. The van der Waals surface area contributed by atoms with Gasteiger partial charge in [0, 0.05) is 0 Å². The van der Waals surface area contributed by atoms with Crippen molar-refractivity contribution in [2.45, 2.75) is 0 Å². The zero-order valence-electron chi connectivity index (χ0n) is 6.38. The number of hydrogen-bond acceptors (Lipinski definition) is 6. The van der Waals surface area contributed by atoms with Crippen LogP contribution < -0.4 is 9.79 Å². The van der Waals surface area contributed by atoms with Crippen LogP contribution in [0.3, 0.4) is 0 Å².